The lowest BCUT2D eigenvalue weighted by Crippen LogP contribution is -2.45. The summed E-state index contributed by atoms with van der Waals surface area (Å²) in [7, 11) is 0. The van der Waals surface area contributed by atoms with E-state index < -0.39 is 23.7 Å². The Morgan fingerprint density at radius 1 is 1.22 bits per heavy atom. The third-order valence-electron chi connectivity index (χ3n) is 5.08. The van der Waals surface area contributed by atoms with Gasteiger partial charge in [-0.3, -0.25) is 9.59 Å². The molecular weight excluding hydrogens is 361 g/mol. The first-order valence-corrected chi connectivity index (χ1v) is 9.24. The Bertz CT molecular complexity index is 700. The van der Waals surface area contributed by atoms with Crippen LogP contribution in [0.3, 0.4) is 0 Å². The maximum Gasteiger partial charge on any atom is 0.416 e. The summed E-state index contributed by atoms with van der Waals surface area (Å²) < 4.78 is 44.9. The minimum Gasteiger partial charge on any atom is -0.492 e. The molecule has 27 heavy (non-hydrogen) atoms. The molecule has 1 saturated heterocycles. The molecule has 148 valence electrons. The Balaban J connectivity index is 1.77. The van der Waals surface area contributed by atoms with Crippen molar-refractivity contribution in [3.63, 3.8) is 0 Å². The second kappa shape index (κ2) is 8.19. The standard InChI is InChI=1S/C19H23F3N2O3/c20-19(21,22)13-5-6-16(27-11-12-3-1-2-4-12)15(9-13)18(26)24-14-7-8-23-17(25)10-14/h5-6,9,12,14H,1-4,7-8,10-11H2,(H,23,25)(H,24,26). The molecule has 2 fully saturated rings. The van der Waals surface area contributed by atoms with E-state index in [-0.39, 0.29) is 23.6 Å². The van der Waals surface area contributed by atoms with Gasteiger partial charge in [0.15, 0.2) is 0 Å². The predicted molar refractivity (Wildman–Crippen MR) is 92.4 cm³/mol. The van der Waals surface area contributed by atoms with E-state index in [9.17, 15) is 22.8 Å². The van der Waals surface area contributed by atoms with E-state index in [1.54, 1.807) is 0 Å². The first kappa shape index (κ1) is 19.5. The number of carbonyl (C=O) groups excluding carboxylic acids is 2. The van der Waals surface area contributed by atoms with Gasteiger partial charge in [0.05, 0.1) is 17.7 Å². The van der Waals surface area contributed by atoms with Crippen molar-refractivity contribution in [2.45, 2.75) is 50.7 Å². The van der Waals surface area contributed by atoms with Gasteiger partial charge in [-0.2, -0.15) is 13.2 Å². The molecule has 3 rings (SSSR count). The van der Waals surface area contributed by atoms with Crippen LogP contribution in [0.2, 0.25) is 0 Å². The number of carbonyl (C=O) groups is 2. The van der Waals surface area contributed by atoms with Crippen LogP contribution >= 0.6 is 0 Å². The summed E-state index contributed by atoms with van der Waals surface area (Å²) in [5.74, 6) is -0.326. The maximum absolute atomic E-state index is 13.1. The summed E-state index contributed by atoms with van der Waals surface area (Å²) in [6.07, 6.45) is 0.399. The van der Waals surface area contributed by atoms with Gasteiger partial charge >= 0.3 is 6.18 Å². The highest BCUT2D eigenvalue weighted by molar-refractivity contribution is 5.97. The first-order chi connectivity index (χ1) is 12.8. The van der Waals surface area contributed by atoms with E-state index in [0.717, 1.165) is 37.8 Å². The number of nitrogens with one attached hydrogen (secondary N) is 2. The van der Waals surface area contributed by atoms with Gasteiger partial charge < -0.3 is 15.4 Å². The number of amides is 2. The lowest BCUT2D eigenvalue weighted by Gasteiger charge is -2.24. The van der Waals surface area contributed by atoms with Crippen LogP contribution in [-0.4, -0.2) is 31.0 Å². The average Bonchev–Trinajstić information content (AvgIpc) is 3.12. The zero-order valence-electron chi connectivity index (χ0n) is 14.9. The van der Waals surface area contributed by atoms with E-state index in [1.165, 1.54) is 6.07 Å². The first-order valence-electron chi connectivity index (χ1n) is 9.24. The molecule has 1 aliphatic heterocycles. The summed E-state index contributed by atoms with van der Waals surface area (Å²) in [6, 6.07) is 2.56. The minimum atomic E-state index is -4.55. The van der Waals surface area contributed by atoms with Gasteiger partial charge in [-0.1, -0.05) is 12.8 Å². The van der Waals surface area contributed by atoms with Gasteiger partial charge in [-0.25, -0.2) is 0 Å². The third-order valence-corrected chi connectivity index (χ3v) is 5.08. The second-order valence-corrected chi connectivity index (χ2v) is 7.18. The molecule has 1 unspecified atom stereocenters. The van der Waals surface area contributed by atoms with E-state index >= 15 is 0 Å². The van der Waals surface area contributed by atoms with Crippen molar-refractivity contribution in [3.8, 4) is 5.75 Å². The molecule has 0 spiro atoms. The van der Waals surface area contributed by atoms with Gasteiger partial charge in [-0.05, 0) is 43.4 Å². The quantitative estimate of drug-likeness (QED) is 0.819. The van der Waals surface area contributed by atoms with Gasteiger partial charge in [0.1, 0.15) is 5.75 Å². The smallest absolute Gasteiger partial charge is 0.416 e. The highest BCUT2D eigenvalue weighted by Gasteiger charge is 2.33. The monoisotopic (exact) mass is 384 g/mol. The number of alkyl halides is 3. The molecule has 2 aliphatic rings. The van der Waals surface area contributed by atoms with Crippen LogP contribution in [0.4, 0.5) is 13.2 Å². The molecule has 1 aromatic rings. The molecule has 1 aromatic carbocycles. The Kier molecular flexibility index (Phi) is 5.92. The van der Waals surface area contributed by atoms with Crippen molar-refractivity contribution in [1.29, 1.82) is 0 Å². The molecule has 2 amide bonds. The van der Waals surface area contributed by atoms with Crippen molar-refractivity contribution in [3.05, 3.63) is 29.3 Å². The molecule has 0 aromatic heterocycles. The summed E-state index contributed by atoms with van der Waals surface area (Å²) >= 11 is 0. The Hall–Kier alpha value is -2.25. The second-order valence-electron chi connectivity index (χ2n) is 7.18. The van der Waals surface area contributed by atoms with Gasteiger partial charge in [0.2, 0.25) is 5.91 Å². The van der Waals surface area contributed by atoms with Crippen LogP contribution in [0, 0.1) is 5.92 Å². The molecular formula is C19H23F3N2O3. The number of piperidine rings is 1. The summed E-state index contributed by atoms with van der Waals surface area (Å²) in [6.45, 7) is 0.814. The highest BCUT2D eigenvalue weighted by atomic mass is 19.4. The largest absolute Gasteiger partial charge is 0.492 e. The van der Waals surface area contributed by atoms with E-state index in [2.05, 4.69) is 10.6 Å². The molecule has 1 atom stereocenters. The number of ether oxygens (including phenoxy) is 1. The lowest BCUT2D eigenvalue weighted by atomic mass is 10.0. The normalized spacial score (nSPS) is 21.0. The molecule has 8 heteroatoms. The van der Waals surface area contributed by atoms with Gasteiger partial charge in [0.25, 0.3) is 5.91 Å². The Labute approximate surface area is 155 Å². The topological polar surface area (TPSA) is 67.4 Å². The minimum absolute atomic E-state index is 0.114. The molecule has 1 heterocycles. The number of rotatable bonds is 5. The summed E-state index contributed by atoms with van der Waals surface area (Å²) in [4.78, 5) is 24.1. The maximum atomic E-state index is 13.1. The van der Waals surface area contributed by atoms with Crippen LogP contribution in [0.15, 0.2) is 18.2 Å². The Morgan fingerprint density at radius 3 is 2.63 bits per heavy atom. The van der Waals surface area contributed by atoms with Gasteiger partial charge in [0, 0.05) is 19.0 Å². The SMILES string of the molecule is O=C1CC(NC(=O)c2cc(C(F)(F)F)ccc2OCC2CCCC2)CCN1. The average molecular weight is 384 g/mol. The molecule has 2 N–H and O–H groups in total. The van der Waals surface area contributed by atoms with Crippen LogP contribution in [-0.2, 0) is 11.0 Å². The number of halogens is 3. The Morgan fingerprint density at radius 2 is 1.96 bits per heavy atom. The van der Waals surface area contributed by atoms with Crippen molar-refractivity contribution in [2.75, 3.05) is 13.2 Å². The van der Waals surface area contributed by atoms with Crippen molar-refractivity contribution < 1.29 is 27.5 Å². The molecule has 1 aliphatic carbocycles. The molecule has 0 bridgehead atoms. The zero-order valence-corrected chi connectivity index (χ0v) is 14.9. The predicted octanol–water partition coefficient (Wildman–Crippen LogP) is 3.28. The summed E-state index contributed by atoms with van der Waals surface area (Å²) in [5, 5.41) is 5.32. The van der Waals surface area contributed by atoms with E-state index in [4.69, 9.17) is 4.74 Å². The highest BCUT2D eigenvalue weighted by Crippen LogP contribution is 2.33. The lowest BCUT2D eigenvalue weighted by molar-refractivity contribution is -0.137. The fourth-order valence-electron chi connectivity index (χ4n) is 3.56. The van der Waals surface area contributed by atoms with Crippen LogP contribution < -0.4 is 15.4 Å². The fourth-order valence-corrected chi connectivity index (χ4v) is 3.56. The molecule has 1 saturated carbocycles. The van der Waals surface area contributed by atoms with Crippen molar-refractivity contribution >= 4 is 11.8 Å². The van der Waals surface area contributed by atoms with Gasteiger partial charge in [-0.15, -0.1) is 0 Å². The molecule has 5 nitrogen and oxygen atoms in total. The number of benzene rings is 1. The van der Waals surface area contributed by atoms with E-state index in [1.807, 2.05) is 0 Å². The van der Waals surface area contributed by atoms with Crippen LogP contribution in [0.1, 0.15) is 54.4 Å². The fraction of sp³-hybridized carbons (Fsp3) is 0.579. The van der Waals surface area contributed by atoms with Crippen LogP contribution in [0.25, 0.3) is 0 Å². The molecule has 0 radical (unpaired) electrons. The van der Waals surface area contributed by atoms with Crippen molar-refractivity contribution in [1.82, 2.24) is 10.6 Å². The van der Waals surface area contributed by atoms with Crippen LogP contribution in [0.5, 0.6) is 5.75 Å². The zero-order chi connectivity index (χ0) is 19.4. The third kappa shape index (κ3) is 5.14. The van der Waals surface area contributed by atoms with Crippen molar-refractivity contribution in [2.24, 2.45) is 5.92 Å². The number of hydrogen-bond donors (Lipinski definition) is 2. The summed E-state index contributed by atoms with van der Waals surface area (Å²) in [5.41, 5.74) is -1.05. The number of hydrogen-bond acceptors (Lipinski definition) is 3. The van der Waals surface area contributed by atoms with E-state index in [0.29, 0.717) is 25.5 Å².